The zero-order valence-electron chi connectivity index (χ0n) is 9.64. The minimum Gasteiger partial charge on any atom is -0.462 e. The lowest BCUT2D eigenvalue weighted by molar-refractivity contribution is 0.0482. The Kier molecular flexibility index (Phi) is 4.79. The van der Waals surface area contributed by atoms with E-state index in [0.29, 0.717) is 12.0 Å². The predicted molar refractivity (Wildman–Crippen MR) is 62.8 cm³/mol. The van der Waals surface area contributed by atoms with E-state index in [-0.39, 0.29) is 19.2 Å². The lowest BCUT2D eigenvalue weighted by Gasteiger charge is -2.12. The molecular formula is C12H17NO3. The van der Waals surface area contributed by atoms with Crippen molar-refractivity contribution in [1.82, 2.24) is 0 Å². The van der Waals surface area contributed by atoms with Gasteiger partial charge in [-0.2, -0.15) is 0 Å². The molecule has 0 aliphatic rings. The molecule has 0 radical (unpaired) electrons. The van der Waals surface area contributed by atoms with Gasteiger partial charge in [0, 0.05) is 32.8 Å². The number of rotatable bonds is 5. The summed E-state index contributed by atoms with van der Waals surface area (Å²) in [6.07, 6.45) is 0.474. The smallest absolute Gasteiger partial charge is 0.338 e. The molecule has 4 nitrogen and oxygen atoms in total. The Labute approximate surface area is 95.5 Å². The maximum absolute atomic E-state index is 11.5. The summed E-state index contributed by atoms with van der Waals surface area (Å²) < 4.78 is 4.96. The van der Waals surface area contributed by atoms with Gasteiger partial charge in [-0.3, -0.25) is 0 Å². The van der Waals surface area contributed by atoms with Crippen LogP contribution in [-0.2, 0) is 4.74 Å². The van der Waals surface area contributed by atoms with Gasteiger partial charge >= 0.3 is 5.97 Å². The van der Waals surface area contributed by atoms with Crippen molar-refractivity contribution in [2.45, 2.75) is 6.42 Å². The molecule has 16 heavy (non-hydrogen) atoms. The summed E-state index contributed by atoms with van der Waals surface area (Å²) in [5, 5.41) is 8.55. The Bertz CT molecular complexity index is 333. The molecule has 0 bridgehead atoms. The highest BCUT2D eigenvalue weighted by atomic mass is 16.5. The standard InChI is InChI=1S/C12H17NO3/c1-13(2)11-6-4-10(5-7-11)12(15)16-9-3-8-14/h4-7,14H,3,8-9H2,1-2H3. The molecule has 0 saturated heterocycles. The molecule has 0 heterocycles. The Hall–Kier alpha value is -1.55. The average molecular weight is 223 g/mol. The molecule has 1 aromatic carbocycles. The number of hydrogen-bond donors (Lipinski definition) is 1. The molecule has 0 saturated carbocycles. The second-order valence-electron chi connectivity index (χ2n) is 3.65. The van der Waals surface area contributed by atoms with Gasteiger partial charge < -0.3 is 14.7 Å². The summed E-state index contributed by atoms with van der Waals surface area (Å²) in [5.74, 6) is -0.348. The number of anilines is 1. The highest BCUT2D eigenvalue weighted by molar-refractivity contribution is 5.89. The van der Waals surface area contributed by atoms with Crippen LogP contribution in [0.2, 0.25) is 0 Å². The summed E-state index contributed by atoms with van der Waals surface area (Å²) in [7, 11) is 3.88. The Morgan fingerprint density at radius 2 is 1.94 bits per heavy atom. The first kappa shape index (κ1) is 12.5. The highest BCUT2D eigenvalue weighted by Gasteiger charge is 2.06. The van der Waals surface area contributed by atoms with Crippen molar-refractivity contribution >= 4 is 11.7 Å². The van der Waals surface area contributed by atoms with Crippen LogP contribution in [0.15, 0.2) is 24.3 Å². The molecule has 1 aromatic rings. The predicted octanol–water partition coefficient (Wildman–Crippen LogP) is 1.29. The lowest BCUT2D eigenvalue weighted by atomic mass is 10.2. The average Bonchev–Trinajstić information content (AvgIpc) is 2.29. The lowest BCUT2D eigenvalue weighted by Crippen LogP contribution is -2.10. The zero-order chi connectivity index (χ0) is 12.0. The number of aliphatic hydroxyl groups excluding tert-OH is 1. The molecule has 1 rings (SSSR count). The molecule has 0 amide bonds. The van der Waals surface area contributed by atoms with Crippen LogP contribution in [-0.4, -0.2) is 38.4 Å². The van der Waals surface area contributed by atoms with Crippen molar-refractivity contribution in [2.24, 2.45) is 0 Å². The van der Waals surface area contributed by atoms with E-state index in [9.17, 15) is 4.79 Å². The molecule has 0 fully saturated rings. The van der Waals surface area contributed by atoms with Crippen LogP contribution < -0.4 is 4.90 Å². The van der Waals surface area contributed by atoms with Crippen molar-refractivity contribution in [3.05, 3.63) is 29.8 Å². The molecule has 0 unspecified atom stereocenters. The van der Waals surface area contributed by atoms with Gasteiger partial charge in [0.2, 0.25) is 0 Å². The first-order valence-corrected chi connectivity index (χ1v) is 5.20. The fourth-order valence-electron chi connectivity index (χ4n) is 1.21. The van der Waals surface area contributed by atoms with Crippen LogP contribution in [0.5, 0.6) is 0 Å². The van der Waals surface area contributed by atoms with Gasteiger partial charge in [-0.15, -0.1) is 0 Å². The van der Waals surface area contributed by atoms with E-state index in [4.69, 9.17) is 9.84 Å². The van der Waals surface area contributed by atoms with E-state index < -0.39 is 0 Å². The highest BCUT2D eigenvalue weighted by Crippen LogP contribution is 2.12. The van der Waals surface area contributed by atoms with Crippen LogP contribution in [0.25, 0.3) is 0 Å². The minimum absolute atomic E-state index is 0.0346. The minimum atomic E-state index is -0.348. The van der Waals surface area contributed by atoms with Crippen LogP contribution in [0.1, 0.15) is 16.8 Å². The van der Waals surface area contributed by atoms with E-state index in [1.807, 2.05) is 31.1 Å². The van der Waals surface area contributed by atoms with E-state index >= 15 is 0 Å². The number of esters is 1. The van der Waals surface area contributed by atoms with Gasteiger partial charge in [0.1, 0.15) is 0 Å². The topological polar surface area (TPSA) is 49.8 Å². The van der Waals surface area contributed by atoms with Gasteiger partial charge in [0.25, 0.3) is 0 Å². The molecule has 0 atom stereocenters. The Balaban J connectivity index is 2.56. The zero-order valence-corrected chi connectivity index (χ0v) is 9.64. The maximum Gasteiger partial charge on any atom is 0.338 e. The van der Waals surface area contributed by atoms with Crippen molar-refractivity contribution in [3.63, 3.8) is 0 Å². The summed E-state index contributed by atoms with van der Waals surface area (Å²) in [6.45, 7) is 0.289. The van der Waals surface area contributed by atoms with Gasteiger partial charge in [-0.25, -0.2) is 4.79 Å². The van der Waals surface area contributed by atoms with Gasteiger partial charge in [-0.05, 0) is 24.3 Å². The SMILES string of the molecule is CN(C)c1ccc(C(=O)OCCCO)cc1. The summed E-state index contributed by atoms with van der Waals surface area (Å²) in [6, 6.07) is 7.19. The Morgan fingerprint density at radius 3 is 2.44 bits per heavy atom. The van der Waals surface area contributed by atoms with Gasteiger partial charge in [0.05, 0.1) is 12.2 Å². The van der Waals surface area contributed by atoms with E-state index in [2.05, 4.69) is 0 Å². The van der Waals surface area contributed by atoms with Crippen molar-refractivity contribution in [3.8, 4) is 0 Å². The third kappa shape index (κ3) is 3.55. The molecule has 0 aromatic heterocycles. The molecule has 0 spiro atoms. The molecule has 88 valence electrons. The van der Waals surface area contributed by atoms with E-state index in [1.165, 1.54) is 0 Å². The van der Waals surface area contributed by atoms with E-state index in [1.54, 1.807) is 12.1 Å². The fourth-order valence-corrected chi connectivity index (χ4v) is 1.21. The fraction of sp³-hybridized carbons (Fsp3) is 0.417. The largest absolute Gasteiger partial charge is 0.462 e. The van der Waals surface area contributed by atoms with Crippen molar-refractivity contribution in [1.29, 1.82) is 0 Å². The second kappa shape index (κ2) is 6.12. The molecule has 4 heteroatoms. The number of nitrogens with zero attached hydrogens (tertiary/aromatic N) is 1. The number of carbonyl (C=O) groups is 1. The molecular weight excluding hydrogens is 206 g/mol. The molecule has 0 aliphatic heterocycles. The molecule has 0 aliphatic carbocycles. The van der Waals surface area contributed by atoms with E-state index in [0.717, 1.165) is 5.69 Å². The summed E-state index contributed by atoms with van der Waals surface area (Å²) >= 11 is 0. The summed E-state index contributed by atoms with van der Waals surface area (Å²) in [4.78, 5) is 13.4. The van der Waals surface area contributed by atoms with Gasteiger partial charge in [0.15, 0.2) is 0 Å². The van der Waals surface area contributed by atoms with Crippen LogP contribution in [0.3, 0.4) is 0 Å². The van der Waals surface area contributed by atoms with Crippen molar-refractivity contribution < 1.29 is 14.6 Å². The monoisotopic (exact) mass is 223 g/mol. The normalized spacial score (nSPS) is 9.94. The number of benzene rings is 1. The third-order valence-electron chi connectivity index (χ3n) is 2.16. The quantitative estimate of drug-likeness (QED) is 0.603. The first-order chi connectivity index (χ1) is 7.65. The second-order valence-corrected chi connectivity index (χ2v) is 3.65. The van der Waals surface area contributed by atoms with Crippen LogP contribution in [0.4, 0.5) is 5.69 Å². The first-order valence-electron chi connectivity index (χ1n) is 5.20. The van der Waals surface area contributed by atoms with Crippen molar-refractivity contribution in [2.75, 3.05) is 32.2 Å². The number of carbonyl (C=O) groups excluding carboxylic acids is 1. The number of hydrogen-bond acceptors (Lipinski definition) is 4. The molecule has 1 N–H and O–H groups in total. The maximum atomic E-state index is 11.5. The van der Waals surface area contributed by atoms with Crippen LogP contribution >= 0.6 is 0 Å². The summed E-state index contributed by atoms with van der Waals surface area (Å²) in [5.41, 5.74) is 1.57. The number of ether oxygens (including phenoxy) is 1. The Morgan fingerprint density at radius 1 is 1.31 bits per heavy atom. The van der Waals surface area contributed by atoms with Crippen LogP contribution in [0, 0.1) is 0 Å². The number of aliphatic hydroxyl groups is 1. The third-order valence-corrected chi connectivity index (χ3v) is 2.16. The van der Waals surface area contributed by atoms with Gasteiger partial charge in [-0.1, -0.05) is 0 Å².